The molecule has 2 N–H and O–H groups in total. The quantitative estimate of drug-likeness (QED) is 0.404. The normalized spacial score (nSPS) is 10.7. The van der Waals surface area contributed by atoms with Crippen molar-refractivity contribution in [3.05, 3.63) is 51.7 Å². The molecule has 6 nitrogen and oxygen atoms in total. The molecule has 1 aromatic carbocycles. The second kappa shape index (κ2) is 11.1. The number of rotatable bonds is 10. The predicted molar refractivity (Wildman–Crippen MR) is 127 cm³/mol. The number of hydrogen-bond donors (Lipinski definition) is 2. The van der Waals surface area contributed by atoms with Crippen LogP contribution in [0.3, 0.4) is 0 Å². The van der Waals surface area contributed by atoms with Crippen molar-refractivity contribution < 1.29 is 14.3 Å². The van der Waals surface area contributed by atoms with Gasteiger partial charge in [0.2, 0.25) is 11.8 Å². The number of nitrogens with one attached hydrogen (secondary N) is 2. The molecule has 3 aromatic rings. The highest BCUT2D eigenvalue weighted by molar-refractivity contribution is 7.18. The highest BCUT2D eigenvalue weighted by Crippen LogP contribution is 2.34. The van der Waals surface area contributed by atoms with Gasteiger partial charge in [-0.05, 0) is 56.5 Å². The SMILES string of the molecule is CC(=O)NCc1ccc(-c2nc(NC(=O)CCCCOc3cccc(C)c3)sc2C)s1. The van der Waals surface area contributed by atoms with E-state index in [1.807, 2.05) is 50.2 Å². The first-order chi connectivity index (χ1) is 14.9. The van der Waals surface area contributed by atoms with Gasteiger partial charge in [0.25, 0.3) is 0 Å². The van der Waals surface area contributed by atoms with Gasteiger partial charge in [-0.25, -0.2) is 4.98 Å². The summed E-state index contributed by atoms with van der Waals surface area (Å²) in [7, 11) is 0. The summed E-state index contributed by atoms with van der Waals surface area (Å²) in [6, 6.07) is 12.0. The number of ether oxygens (including phenoxy) is 1. The van der Waals surface area contributed by atoms with E-state index in [2.05, 4.69) is 15.6 Å². The monoisotopic (exact) mass is 457 g/mol. The number of unbranched alkanes of at least 4 members (excludes halogenated alkanes) is 1. The molecular weight excluding hydrogens is 430 g/mol. The third-order valence-corrected chi connectivity index (χ3v) is 6.48. The second-order valence-electron chi connectivity index (χ2n) is 7.27. The van der Waals surface area contributed by atoms with E-state index in [9.17, 15) is 9.59 Å². The molecule has 0 aliphatic heterocycles. The van der Waals surface area contributed by atoms with Crippen molar-refractivity contribution in [1.82, 2.24) is 10.3 Å². The molecule has 2 aromatic heterocycles. The Balaban J connectivity index is 1.44. The van der Waals surface area contributed by atoms with E-state index in [-0.39, 0.29) is 11.8 Å². The Kier molecular flexibility index (Phi) is 8.20. The van der Waals surface area contributed by atoms with Gasteiger partial charge in [0, 0.05) is 23.1 Å². The summed E-state index contributed by atoms with van der Waals surface area (Å²) in [5.74, 6) is 0.781. The topological polar surface area (TPSA) is 80.3 Å². The van der Waals surface area contributed by atoms with Crippen LogP contribution in [0.1, 0.15) is 41.5 Å². The van der Waals surface area contributed by atoms with Crippen molar-refractivity contribution in [3.8, 4) is 16.3 Å². The second-order valence-corrected chi connectivity index (χ2v) is 9.64. The fourth-order valence-corrected chi connectivity index (χ4v) is 4.86. The molecule has 0 fully saturated rings. The van der Waals surface area contributed by atoms with Crippen LogP contribution in [0.15, 0.2) is 36.4 Å². The van der Waals surface area contributed by atoms with Gasteiger partial charge in [0.05, 0.1) is 23.7 Å². The summed E-state index contributed by atoms with van der Waals surface area (Å²) in [4.78, 5) is 31.1. The van der Waals surface area contributed by atoms with Crippen molar-refractivity contribution in [1.29, 1.82) is 0 Å². The Morgan fingerprint density at radius 1 is 1.10 bits per heavy atom. The Morgan fingerprint density at radius 3 is 2.71 bits per heavy atom. The van der Waals surface area contributed by atoms with E-state index < -0.39 is 0 Å². The molecule has 2 amide bonds. The van der Waals surface area contributed by atoms with Crippen LogP contribution >= 0.6 is 22.7 Å². The average molecular weight is 458 g/mol. The largest absolute Gasteiger partial charge is 0.494 e. The molecule has 8 heteroatoms. The van der Waals surface area contributed by atoms with E-state index >= 15 is 0 Å². The highest BCUT2D eigenvalue weighted by Gasteiger charge is 2.14. The van der Waals surface area contributed by atoms with E-state index in [1.165, 1.54) is 23.8 Å². The fraction of sp³-hybridized carbons (Fsp3) is 0.348. The molecule has 31 heavy (non-hydrogen) atoms. The van der Waals surface area contributed by atoms with E-state index in [0.717, 1.165) is 38.9 Å². The van der Waals surface area contributed by atoms with Gasteiger partial charge in [0.15, 0.2) is 5.13 Å². The van der Waals surface area contributed by atoms with E-state index in [1.54, 1.807) is 11.3 Å². The van der Waals surface area contributed by atoms with Crippen LogP contribution in [0.4, 0.5) is 5.13 Å². The fourth-order valence-electron chi connectivity index (χ4n) is 2.95. The molecular formula is C23H27N3O3S2. The lowest BCUT2D eigenvalue weighted by atomic mass is 10.2. The molecule has 0 aliphatic rings. The maximum atomic E-state index is 12.3. The van der Waals surface area contributed by atoms with Crippen LogP contribution in [0, 0.1) is 13.8 Å². The molecule has 0 bridgehead atoms. The Morgan fingerprint density at radius 2 is 1.94 bits per heavy atom. The van der Waals surface area contributed by atoms with Crippen molar-refractivity contribution in [2.45, 2.75) is 46.6 Å². The van der Waals surface area contributed by atoms with Gasteiger partial charge < -0.3 is 15.4 Å². The minimum atomic E-state index is -0.0495. The lowest BCUT2D eigenvalue weighted by molar-refractivity contribution is -0.119. The first-order valence-electron chi connectivity index (χ1n) is 10.2. The number of amides is 2. The third kappa shape index (κ3) is 7.18. The summed E-state index contributed by atoms with van der Waals surface area (Å²) in [6.45, 7) is 6.65. The van der Waals surface area contributed by atoms with Crippen molar-refractivity contribution in [2.75, 3.05) is 11.9 Å². The van der Waals surface area contributed by atoms with Crippen molar-refractivity contribution >= 4 is 39.6 Å². The van der Waals surface area contributed by atoms with E-state index in [4.69, 9.17) is 4.74 Å². The van der Waals surface area contributed by atoms with Crippen molar-refractivity contribution in [3.63, 3.8) is 0 Å². The van der Waals surface area contributed by atoms with Gasteiger partial charge in [-0.3, -0.25) is 9.59 Å². The zero-order valence-corrected chi connectivity index (χ0v) is 19.6. The molecule has 2 heterocycles. The first-order valence-corrected chi connectivity index (χ1v) is 11.8. The molecule has 0 spiro atoms. The maximum Gasteiger partial charge on any atom is 0.226 e. The zero-order chi connectivity index (χ0) is 22.2. The number of thiophene rings is 1. The van der Waals surface area contributed by atoms with Crippen LogP contribution in [0.5, 0.6) is 5.75 Å². The number of thiazole rings is 1. The lowest BCUT2D eigenvalue weighted by Crippen LogP contribution is -2.17. The summed E-state index contributed by atoms with van der Waals surface area (Å²) in [6.07, 6.45) is 2.01. The van der Waals surface area contributed by atoms with E-state index in [0.29, 0.717) is 24.7 Å². The molecule has 0 saturated heterocycles. The lowest BCUT2D eigenvalue weighted by Gasteiger charge is -2.06. The number of benzene rings is 1. The van der Waals surface area contributed by atoms with Crippen LogP contribution in [0.25, 0.3) is 10.6 Å². The van der Waals surface area contributed by atoms with Gasteiger partial charge in [-0.1, -0.05) is 12.1 Å². The predicted octanol–water partition coefficient (Wildman–Crippen LogP) is 5.31. The standard InChI is InChI=1S/C23H27N3O3S2/c1-15-7-6-8-18(13-15)29-12-5-4-9-21(28)25-23-26-22(16(2)30-23)20-11-10-19(31-20)14-24-17(3)27/h6-8,10-11,13H,4-5,9,12,14H2,1-3H3,(H,24,27)(H,25,26,28). The smallest absolute Gasteiger partial charge is 0.226 e. The highest BCUT2D eigenvalue weighted by atomic mass is 32.1. The number of anilines is 1. The van der Waals surface area contributed by atoms with Crippen LogP contribution < -0.4 is 15.4 Å². The van der Waals surface area contributed by atoms with Gasteiger partial charge in [-0.2, -0.15) is 0 Å². The van der Waals surface area contributed by atoms with Gasteiger partial charge in [0.1, 0.15) is 5.75 Å². The molecule has 3 rings (SSSR count). The van der Waals surface area contributed by atoms with Crippen molar-refractivity contribution in [2.24, 2.45) is 0 Å². The minimum Gasteiger partial charge on any atom is -0.494 e. The van der Waals surface area contributed by atoms with Gasteiger partial charge in [-0.15, -0.1) is 22.7 Å². The molecule has 0 radical (unpaired) electrons. The Labute approximate surface area is 190 Å². The summed E-state index contributed by atoms with van der Waals surface area (Å²) >= 11 is 3.07. The Bertz CT molecular complexity index is 1040. The molecule has 164 valence electrons. The molecule has 0 atom stereocenters. The number of carbonyl (C=O) groups is 2. The number of aryl methyl sites for hydroxylation is 2. The Hall–Kier alpha value is -2.71. The maximum absolute atomic E-state index is 12.3. The zero-order valence-electron chi connectivity index (χ0n) is 18.0. The molecule has 0 unspecified atom stereocenters. The third-order valence-electron chi connectivity index (χ3n) is 4.51. The average Bonchev–Trinajstić information content (AvgIpc) is 3.32. The summed E-state index contributed by atoms with van der Waals surface area (Å²) in [5.41, 5.74) is 2.05. The molecule has 0 saturated carbocycles. The summed E-state index contributed by atoms with van der Waals surface area (Å²) in [5, 5.41) is 6.33. The van der Waals surface area contributed by atoms with Gasteiger partial charge >= 0.3 is 0 Å². The number of nitrogens with zero attached hydrogens (tertiary/aromatic N) is 1. The van der Waals surface area contributed by atoms with Crippen LogP contribution in [0.2, 0.25) is 0 Å². The summed E-state index contributed by atoms with van der Waals surface area (Å²) < 4.78 is 5.72. The number of aromatic nitrogens is 1. The number of carbonyl (C=O) groups excluding carboxylic acids is 2. The molecule has 0 aliphatic carbocycles. The minimum absolute atomic E-state index is 0.0339. The first kappa shape index (κ1) is 23.0. The van der Waals surface area contributed by atoms with Crippen LogP contribution in [-0.2, 0) is 16.1 Å². The van der Waals surface area contributed by atoms with Crippen LogP contribution in [-0.4, -0.2) is 23.4 Å². The number of hydrogen-bond acceptors (Lipinski definition) is 6.